The number of benzene rings is 2. The molecule has 3 rings (SSSR count). The second kappa shape index (κ2) is 7.97. The van der Waals surface area contributed by atoms with Crippen molar-refractivity contribution in [2.45, 2.75) is 27.3 Å². The maximum absolute atomic E-state index is 13.1. The molecule has 0 unspecified atom stereocenters. The van der Waals surface area contributed by atoms with E-state index in [-0.39, 0.29) is 23.9 Å². The van der Waals surface area contributed by atoms with Gasteiger partial charge >= 0.3 is 0 Å². The molecular formula is C22H23ClN2O2. The van der Waals surface area contributed by atoms with Crippen LogP contribution in [-0.4, -0.2) is 22.3 Å². The Hall–Kier alpha value is -2.59. The number of hydrogen-bond donors (Lipinski definition) is 1. The van der Waals surface area contributed by atoms with Gasteiger partial charge < -0.3 is 9.88 Å². The molecule has 1 heterocycles. The van der Waals surface area contributed by atoms with E-state index in [0.29, 0.717) is 22.7 Å². The van der Waals surface area contributed by atoms with Crippen LogP contribution in [0.25, 0.3) is 10.9 Å². The van der Waals surface area contributed by atoms with Crippen LogP contribution in [0.15, 0.2) is 53.3 Å². The lowest BCUT2D eigenvalue weighted by Gasteiger charge is -2.25. The standard InChI is InChI=1S/C22H23ClN2O2/c1-14(2)12-25(22(27)18-6-4-5-7-19(18)23)13-17-11-16-10-15(3)8-9-20(16)24-21(17)26/h4-11,14H,12-13H2,1-3H3,(H,24,26). The number of halogens is 1. The van der Waals surface area contributed by atoms with Gasteiger partial charge in [0.05, 0.1) is 17.1 Å². The van der Waals surface area contributed by atoms with Crippen LogP contribution in [0.5, 0.6) is 0 Å². The molecule has 4 nitrogen and oxygen atoms in total. The minimum atomic E-state index is -0.174. The van der Waals surface area contributed by atoms with Crippen LogP contribution in [0.1, 0.15) is 35.3 Å². The number of fused-ring (bicyclic) bond motifs is 1. The van der Waals surface area contributed by atoms with E-state index >= 15 is 0 Å². The van der Waals surface area contributed by atoms with Crippen molar-refractivity contribution in [2.75, 3.05) is 6.54 Å². The van der Waals surface area contributed by atoms with E-state index in [1.54, 1.807) is 29.2 Å². The smallest absolute Gasteiger partial charge is 0.255 e. The van der Waals surface area contributed by atoms with E-state index in [4.69, 9.17) is 11.6 Å². The van der Waals surface area contributed by atoms with Crippen LogP contribution >= 0.6 is 11.6 Å². The Labute approximate surface area is 163 Å². The number of aryl methyl sites for hydroxylation is 1. The zero-order valence-electron chi connectivity index (χ0n) is 15.8. The number of H-pyrrole nitrogens is 1. The average molecular weight is 383 g/mol. The SMILES string of the molecule is Cc1ccc2[nH]c(=O)c(CN(CC(C)C)C(=O)c3ccccc3Cl)cc2c1. The van der Waals surface area contributed by atoms with E-state index in [1.807, 2.05) is 45.0 Å². The molecule has 0 bridgehead atoms. The summed E-state index contributed by atoms with van der Waals surface area (Å²) in [6.45, 7) is 6.87. The minimum Gasteiger partial charge on any atom is -0.334 e. The lowest BCUT2D eigenvalue weighted by molar-refractivity contribution is 0.0722. The highest BCUT2D eigenvalue weighted by atomic mass is 35.5. The Balaban J connectivity index is 1.98. The molecule has 3 aromatic rings. The normalized spacial score (nSPS) is 11.1. The lowest BCUT2D eigenvalue weighted by Crippen LogP contribution is -2.35. The van der Waals surface area contributed by atoms with E-state index in [0.717, 1.165) is 16.5 Å². The number of pyridine rings is 1. The second-order valence-corrected chi connectivity index (χ2v) is 7.68. The van der Waals surface area contributed by atoms with Gasteiger partial charge in [0.1, 0.15) is 0 Å². The van der Waals surface area contributed by atoms with Crippen LogP contribution in [0.3, 0.4) is 0 Å². The van der Waals surface area contributed by atoms with Crippen molar-refractivity contribution in [3.63, 3.8) is 0 Å². The third kappa shape index (κ3) is 4.40. The first-order valence-corrected chi connectivity index (χ1v) is 9.39. The number of aromatic amines is 1. The third-order valence-electron chi connectivity index (χ3n) is 4.41. The van der Waals surface area contributed by atoms with Gasteiger partial charge in [0.25, 0.3) is 11.5 Å². The Morgan fingerprint density at radius 1 is 1.15 bits per heavy atom. The number of nitrogens with zero attached hydrogens (tertiary/aromatic N) is 1. The highest BCUT2D eigenvalue weighted by Gasteiger charge is 2.20. The van der Waals surface area contributed by atoms with Gasteiger partial charge in [0, 0.05) is 17.6 Å². The van der Waals surface area contributed by atoms with Gasteiger partial charge in [-0.3, -0.25) is 9.59 Å². The van der Waals surface area contributed by atoms with Crippen molar-refractivity contribution in [1.29, 1.82) is 0 Å². The minimum absolute atomic E-state index is 0.168. The number of rotatable bonds is 5. The molecule has 5 heteroatoms. The molecule has 1 aromatic heterocycles. The first-order valence-electron chi connectivity index (χ1n) is 9.01. The molecule has 0 aliphatic carbocycles. The molecule has 1 N–H and O–H groups in total. The summed E-state index contributed by atoms with van der Waals surface area (Å²) < 4.78 is 0. The zero-order valence-corrected chi connectivity index (χ0v) is 16.5. The molecule has 0 radical (unpaired) electrons. The Bertz CT molecular complexity index is 1040. The van der Waals surface area contributed by atoms with Crippen LogP contribution in [0.2, 0.25) is 5.02 Å². The predicted octanol–water partition coefficient (Wildman–Crippen LogP) is 4.79. The summed E-state index contributed by atoms with van der Waals surface area (Å²) in [5, 5.41) is 1.37. The van der Waals surface area contributed by atoms with Crippen molar-refractivity contribution in [1.82, 2.24) is 9.88 Å². The first-order chi connectivity index (χ1) is 12.8. The van der Waals surface area contributed by atoms with Crippen LogP contribution in [0, 0.1) is 12.8 Å². The summed E-state index contributed by atoms with van der Waals surface area (Å²) in [6.07, 6.45) is 0. The largest absolute Gasteiger partial charge is 0.334 e. The third-order valence-corrected chi connectivity index (χ3v) is 4.74. The molecule has 1 amide bonds. The molecule has 0 fully saturated rings. The monoisotopic (exact) mass is 382 g/mol. The highest BCUT2D eigenvalue weighted by Crippen LogP contribution is 2.20. The number of hydrogen-bond acceptors (Lipinski definition) is 2. The van der Waals surface area contributed by atoms with Crippen molar-refractivity contribution in [3.05, 3.63) is 80.6 Å². The van der Waals surface area contributed by atoms with E-state index in [1.165, 1.54) is 0 Å². The van der Waals surface area contributed by atoms with E-state index in [2.05, 4.69) is 4.98 Å². The zero-order chi connectivity index (χ0) is 19.6. The Kier molecular flexibility index (Phi) is 5.66. The van der Waals surface area contributed by atoms with E-state index < -0.39 is 0 Å². The topological polar surface area (TPSA) is 53.2 Å². The summed E-state index contributed by atoms with van der Waals surface area (Å²) in [5.74, 6) is 0.0938. The summed E-state index contributed by atoms with van der Waals surface area (Å²) in [7, 11) is 0. The van der Waals surface area contributed by atoms with Gasteiger partial charge in [0.15, 0.2) is 0 Å². The van der Waals surface area contributed by atoms with E-state index in [9.17, 15) is 9.59 Å². The Morgan fingerprint density at radius 2 is 1.89 bits per heavy atom. The van der Waals surface area contributed by atoms with Crippen molar-refractivity contribution in [2.24, 2.45) is 5.92 Å². The van der Waals surface area contributed by atoms with Crippen molar-refractivity contribution in [3.8, 4) is 0 Å². The molecule has 27 heavy (non-hydrogen) atoms. The molecule has 140 valence electrons. The van der Waals surface area contributed by atoms with Crippen molar-refractivity contribution >= 4 is 28.4 Å². The molecule has 0 saturated carbocycles. The fourth-order valence-electron chi connectivity index (χ4n) is 3.16. The van der Waals surface area contributed by atoms with Gasteiger partial charge in [-0.05, 0) is 48.6 Å². The number of carbonyl (C=O) groups is 1. The summed E-state index contributed by atoms with van der Waals surface area (Å²) in [4.78, 5) is 30.2. The first kappa shape index (κ1) is 19.2. The molecule has 0 atom stereocenters. The highest BCUT2D eigenvalue weighted by molar-refractivity contribution is 6.33. The summed E-state index contributed by atoms with van der Waals surface area (Å²) >= 11 is 6.21. The predicted molar refractivity (Wildman–Crippen MR) is 110 cm³/mol. The number of nitrogens with one attached hydrogen (secondary N) is 1. The number of carbonyl (C=O) groups excluding carboxylic acids is 1. The van der Waals surface area contributed by atoms with Gasteiger partial charge in [-0.15, -0.1) is 0 Å². The molecule has 0 aliphatic heterocycles. The molecule has 0 saturated heterocycles. The summed E-state index contributed by atoms with van der Waals surface area (Å²) in [5.41, 5.74) is 2.75. The molecule has 0 aliphatic rings. The molecule has 0 spiro atoms. The van der Waals surface area contributed by atoms with Crippen LogP contribution < -0.4 is 5.56 Å². The van der Waals surface area contributed by atoms with Gasteiger partial charge in [-0.1, -0.05) is 49.2 Å². The fourth-order valence-corrected chi connectivity index (χ4v) is 3.38. The number of aromatic nitrogens is 1. The molecule has 2 aromatic carbocycles. The Morgan fingerprint density at radius 3 is 2.59 bits per heavy atom. The summed E-state index contributed by atoms with van der Waals surface area (Å²) in [6, 6.07) is 14.8. The van der Waals surface area contributed by atoms with Gasteiger partial charge in [-0.25, -0.2) is 0 Å². The van der Waals surface area contributed by atoms with Crippen molar-refractivity contribution < 1.29 is 4.79 Å². The van der Waals surface area contributed by atoms with Gasteiger partial charge in [0.2, 0.25) is 0 Å². The fraction of sp³-hybridized carbons (Fsp3) is 0.273. The maximum atomic E-state index is 13.1. The molecular weight excluding hydrogens is 360 g/mol. The quantitative estimate of drug-likeness (QED) is 0.689. The van der Waals surface area contributed by atoms with Crippen LogP contribution in [-0.2, 0) is 6.54 Å². The number of amides is 1. The second-order valence-electron chi connectivity index (χ2n) is 7.27. The van der Waals surface area contributed by atoms with Crippen LogP contribution in [0.4, 0.5) is 0 Å². The lowest BCUT2D eigenvalue weighted by atomic mass is 10.1. The van der Waals surface area contributed by atoms with Gasteiger partial charge in [-0.2, -0.15) is 0 Å². The average Bonchev–Trinajstić information content (AvgIpc) is 2.61. The maximum Gasteiger partial charge on any atom is 0.255 e.